The minimum absolute atomic E-state index is 0.612. The van der Waals surface area contributed by atoms with E-state index in [1.165, 1.54) is 11.1 Å². The van der Waals surface area contributed by atoms with Crippen molar-refractivity contribution >= 4 is 22.6 Å². The van der Waals surface area contributed by atoms with Gasteiger partial charge in [0, 0.05) is 13.0 Å². The fraction of sp³-hybridized carbons (Fsp3) is 0.174. The maximum atomic E-state index is 6.16. The first-order valence-electron chi connectivity index (χ1n) is 9.16. The highest BCUT2D eigenvalue weighted by atomic mass is 35.5. The number of halogens is 1. The van der Waals surface area contributed by atoms with Crippen LogP contribution in [0.4, 0.5) is 0 Å². The fourth-order valence-electron chi connectivity index (χ4n) is 3.25. The van der Waals surface area contributed by atoms with Crippen LogP contribution in [0.25, 0.3) is 11.0 Å². The van der Waals surface area contributed by atoms with E-state index in [0.29, 0.717) is 11.6 Å². The van der Waals surface area contributed by atoms with Crippen molar-refractivity contribution in [2.75, 3.05) is 6.61 Å². The first kappa shape index (κ1) is 17.6. The Kier molecular flexibility index (Phi) is 5.40. The molecule has 4 heteroatoms. The molecule has 136 valence electrons. The van der Waals surface area contributed by atoms with Crippen molar-refractivity contribution in [3.8, 4) is 5.75 Å². The van der Waals surface area contributed by atoms with Crippen molar-refractivity contribution in [3.63, 3.8) is 0 Å². The summed E-state index contributed by atoms with van der Waals surface area (Å²) < 4.78 is 8.14. The van der Waals surface area contributed by atoms with Gasteiger partial charge in [-0.05, 0) is 36.2 Å². The number of hydrogen-bond donors (Lipinski definition) is 0. The van der Waals surface area contributed by atoms with Gasteiger partial charge in [-0.1, -0.05) is 66.2 Å². The van der Waals surface area contributed by atoms with Gasteiger partial charge < -0.3 is 9.30 Å². The summed E-state index contributed by atoms with van der Waals surface area (Å²) in [7, 11) is 0. The minimum atomic E-state index is 0.612. The van der Waals surface area contributed by atoms with Crippen LogP contribution in [0.15, 0.2) is 78.9 Å². The Labute approximate surface area is 164 Å². The molecule has 27 heavy (non-hydrogen) atoms. The number of aromatic nitrogens is 2. The predicted octanol–water partition coefficient (Wildman–Crippen LogP) is 5.75. The summed E-state index contributed by atoms with van der Waals surface area (Å²) in [4.78, 5) is 4.86. The molecule has 3 aromatic carbocycles. The average molecular weight is 377 g/mol. The van der Waals surface area contributed by atoms with E-state index in [2.05, 4.69) is 47.0 Å². The quantitative estimate of drug-likeness (QED) is 0.384. The van der Waals surface area contributed by atoms with Gasteiger partial charge in [0.15, 0.2) is 0 Å². The third-order valence-corrected chi connectivity index (χ3v) is 4.87. The topological polar surface area (TPSA) is 27.1 Å². The molecule has 0 atom stereocenters. The molecule has 4 rings (SSSR count). The molecule has 1 aromatic heterocycles. The number of benzene rings is 3. The van der Waals surface area contributed by atoms with Crippen molar-refractivity contribution in [2.24, 2.45) is 0 Å². The summed E-state index contributed by atoms with van der Waals surface area (Å²) in [6, 6.07) is 26.3. The maximum Gasteiger partial charge on any atom is 0.137 e. The number of fused-ring (bicyclic) bond motifs is 1. The molecule has 0 saturated carbocycles. The first-order chi connectivity index (χ1) is 13.3. The summed E-state index contributed by atoms with van der Waals surface area (Å²) in [5.41, 5.74) is 3.47. The Morgan fingerprint density at radius 1 is 0.852 bits per heavy atom. The molecule has 0 saturated heterocycles. The Bertz CT molecular complexity index is 1030. The number of hydrogen-bond acceptors (Lipinski definition) is 2. The van der Waals surface area contributed by atoms with E-state index in [0.717, 1.165) is 36.5 Å². The van der Waals surface area contributed by atoms with Gasteiger partial charge in [0.25, 0.3) is 0 Å². The lowest BCUT2D eigenvalue weighted by atomic mass is 10.1. The van der Waals surface area contributed by atoms with Crippen LogP contribution in [0.5, 0.6) is 5.75 Å². The number of imidazole rings is 1. The van der Waals surface area contributed by atoms with E-state index < -0.39 is 0 Å². The van der Waals surface area contributed by atoms with Gasteiger partial charge in [0.05, 0.1) is 22.7 Å². The van der Waals surface area contributed by atoms with Gasteiger partial charge in [-0.2, -0.15) is 0 Å². The standard InChI is InChI=1S/C23H21ClN2O/c24-19-11-4-7-14-22(19)27-16-8-15-26-21-13-6-5-12-20(21)25-23(26)17-18-9-2-1-3-10-18/h1-7,9-14H,8,15-17H2. The molecule has 0 bridgehead atoms. The molecule has 1 heterocycles. The minimum Gasteiger partial charge on any atom is -0.492 e. The normalized spacial score (nSPS) is 11.0. The van der Waals surface area contributed by atoms with Crippen LogP contribution in [0.1, 0.15) is 17.8 Å². The van der Waals surface area contributed by atoms with Gasteiger partial charge >= 0.3 is 0 Å². The lowest BCUT2D eigenvalue weighted by molar-refractivity contribution is 0.302. The van der Waals surface area contributed by atoms with Crippen LogP contribution < -0.4 is 4.74 Å². The zero-order chi connectivity index (χ0) is 18.5. The van der Waals surface area contributed by atoms with E-state index in [1.807, 2.05) is 36.4 Å². The molecule has 0 N–H and O–H groups in total. The Hall–Kier alpha value is -2.78. The summed E-state index contributed by atoms with van der Waals surface area (Å²) in [6.07, 6.45) is 1.70. The zero-order valence-corrected chi connectivity index (χ0v) is 15.8. The predicted molar refractivity (Wildman–Crippen MR) is 111 cm³/mol. The van der Waals surface area contributed by atoms with E-state index in [4.69, 9.17) is 21.3 Å². The maximum absolute atomic E-state index is 6.16. The van der Waals surface area contributed by atoms with Crippen LogP contribution in [0, 0.1) is 0 Å². The molecule has 3 nitrogen and oxygen atoms in total. The van der Waals surface area contributed by atoms with E-state index in [9.17, 15) is 0 Å². The summed E-state index contributed by atoms with van der Waals surface area (Å²) >= 11 is 6.16. The average Bonchev–Trinajstić information content (AvgIpc) is 3.04. The lowest BCUT2D eigenvalue weighted by Crippen LogP contribution is -2.08. The number of rotatable bonds is 7. The number of aryl methyl sites for hydroxylation is 1. The number of nitrogens with zero attached hydrogens (tertiary/aromatic N) is 2. The van der Waals surface area contributed by atoms with Crippen LogP contribution >= 0.6 is 11.6 Å². The molecular formula is C23H21ClN2O. The third kappa shape index (κ3) is 4.15. The van der Waals surface area contributed by atoms with Crippen LogP contribution in [0.2, 0.25) is 5.02 Å². The van der Waals surface area contributed by atoms with Crippen LogP contribution in [-0.4, -0.2) is 16.2 Å². The van der Waals surface area contributed by atoms with E-state index in [1.54, 1.807) is 0 Å². The molecule has 0 radical (unpaired) electrons. The number of ether oxygens (including phenoxy) is 1. The fourth-order valence-corrected chi connectivity index (χ4v) is 3.45. The molecule has 0 aliphatic heterocycles. The van der Waals surface area contributed by atoms with Crippen molar-refractivity contribution in [1.29, 1.82) is 0 Å². The van der Waals surface area contributed by atoms with Gasteiger partial charge in [0.2, 0.25) is 0 Å². The second-order valence-corrected chi connectivity index (χ2v) is 6.87. The first-order valence-corrected chi connectivity index (χ1v) is 9.54. The summed E-state index contributed by atoms with van der Waals surface area (Å²) in [5, 5.41) is 0.648. The third-order valence-electron chi connectivity index (χ3n) is 4.56. The van der Waals surface area contributed by atoms with Gasteiger partial charge in [-0.25, -0.2) is 4.98 Å². The van der Waals surface area contributed by atoms with E-state index >= 15 is 0 Å². The molecule has 0 aliphatic carbocycles. The van der Waals surface area contributed by atoms with Crippen molar-refractivity contribution in [1.82, 2.24) is 9.55 Å². The molecule has 4 aromatic rings. The molecule has 0 aliphatic rings. The highest BCUT2D eigenvalue weighted by Crippen LogP contribution is 2.23. The van der Waals surface area contributed by atoms with Gasteiger partial charge in [0.1, 0.15) is 11.6 Å². The Morgan fingerprint density at radius 3 is 2.44 bits per heavy atom. The second kappa shape index (κ2) is 8.28. The smallest absolute Gasteiger partial charge is 0.137 e. The molecule has 0 spiro atoms. The Morgan fingerprint density at radius 2 is 1.59 bits per heavy atom. The van der Waals surface area contributed by atoms with Crippen LogP contribution in [-0.2, 0) is 13.0 Å². The zero-order valence-electron chi connectivity index (χ0n) is 15.0. The highest BCUT2D eigenvalue weighted by Gasteiger charge is 2.11. The van der Waals surface area contributed by atoms with Crippen molar-refractivity contribution in [3.05, 3.63) is 95.3 Å². The molecule has 0 amide bonds. The van der Waals surface area contributed by atoms with Gasteiger partial charge in [-0.3, -0.25) is 0 Å². The SMILES string of the molecule is Clc1ccccc1OCCCn1c(Cc2ccccc2)nc2ccccc21. The largest absolute Gasteiger partial charge is 0.492 e. The van der Waals surface area contributed by atoms with Crippen LogP contribution in [0.3, 0.4) is 0 Å². The van der Waals surface area contributed by atoms with E-state index in [-0.39, 0.29) is 0 Å². The van der Waals surface area contributed by atoms with Crippen molar-refractivity contribution < 1.29 is 4.74 Å². The molecule has 0 fully saturated rings. The molecular weight excluding hydrogens is 356 g/mol. The monoisotopic (exact) mass is 376 g/mol. The Balaban J connectivity index is 1.50. The number of para-hydroxylation sites is 3. The summed E-state index contributed by atoms with van der Waals surface area (Å²) in [5.74, 6) is 1.82. The molecule has 0 unspecified atom stereocenters. The van der Waals surface area contributed by atoms with Gasteiger partial charge in [-0.15, -0.1) is 0 Å². The highest BCUT2D eigenvalue weighted by molar-refractivity contribution is 6.32. The lowest BCUT2D eigenvalue weighted by Gasteiger charge is -2.11. The summed E-state index contributed by atoms with van der Waals surface area (Å²) in [6.45, 7) is 1.47. The van der Waals surface area contributed by atoms with Crippen molar-refractivity contribution in [2.45, 2.75) is 19.4 Å². The second-order valence-electron chi connectivity index (χ2n) is 6.46.